The minimum absolute atomic E-state index is 0.312. The number of hydrogen-bond acceptors (Lipinski definition) is 6. The minimum atomic E-state index is -0.372. The predicted octanol–water partition coefficient (Wildman–Crippen LogP) is 0.374. The molecule has 4 rings (SSSR count). The molecule has 0 saturated carbocycles. The second-order valence-electron chi connectivity index (χ2n) is 12.2. The maximum atomic E-state index is 12.9. The summed E-state index contributed by atoms with van der Waals surface area (Å²) in [6.07, 6.45) is 5.52. The standard InChI is InChI=1S/C30H50N10O4/c1-9-39(10-2,19-15-37-21-31-25-23(37)27(41)35(7)29(43)33(25)5)17-13-14-18-40(11-3,12-4)20-16-38-22-32-26-24(38)28(42)36(8)30(44)34(26)6/h21-22H,9-20H2,1-8H3/q+2. The van der Waals surface area contributed by atoms with Crippen LogP contribution in [0, 0.1) is 0 Å². The van der Waals surface area contributed by atoms with Gasteiger partial charge in [0.2, 0.25) is 0 Å². The Labute approximate surface area is 257 Å². The Morgan fingerprint density at radius 1 is 0.545 bits per heavy atom. The molecule has 14 heteroatoms. The van der Waals surface area contributed by atoms with Crippen LogP contribution in [-0.2, 0) is 41.3 Å². The Kier molecular flexibility index (Phi) is 9.83. The molecule has 0 bridgehead atoms. The number of fused-ring (bicyclic) bond motifs is 2. The first-order chi connectivity index (χ1) is 20.9. The summed E-state index contributed by atoms with van der Waals surface area (Å²) in [5, 5.41) is 0. The maximum Gasteiger partial charge on any atom is 0.332 e. The van der Waals surface area contributed by atoms with Gasteiger partial charge in [0.25, 0.3) is 11.1 Å². The first kappa shape index (κ1) is 33.1. The Morgan fingerprint density at radius 2 is 0.886 bits per heavy atom. The van der Waals surface area contributed by atoms with Gasteiger partial charge in [-0.25, -0.2) is 19.6 Å². The molecule has 0 unspecified atom stereocenters. The Hall–Kier alpha value is -3.78. The molecule has 4 heterocycles. The molecule has 0 radical (unpaired) electrons. The van der Waals surface area contributed by atoms with Crippen molar-refractivity contribution in [2.45, 2.75) is 53.6 Å². The van der Waals surface area contributed by atoms with E-state index in [1.807, 2.05) is 9.13 Å². The van der Waals surface area contributed by atoms with Gasteiger partial charge in [-0.05, 0) is 27.7 Å². The van der Waals surface area contributed by atoms with Crippen LogP contribution in [0.15, 0.2) is 31.8 Å². The number of unbranched alkanes of at least 4 members (excludes halogenated alkanes) is 1. The zero-order chi connectivity index (χ0) is 32.4. The summed E-state index contributed by atoms with van der Waals surface area (Å²) in [6.45, 7) is 18.0. The van der Waals surface area contributed by atoms with Crippen molar-refractivity contribution in [1.29, 1.82) is 0 Å². The van der Waals surface area contributed by atoms with Gasteiger partial charge in [0, 0.05) is 41.0 Å². The van der Waals surface area contributed by atoms with Gasteiger partial charge >= 0.3 is 11.4 Å². The van der Waals surface area contributed by atoms with E-state index in [-0.39, 0.29) is 22.5 Å². The normalized spacial score (nSPS) is 12.6. The summed E-state index contributed by atoms with van der Waals surface area (Å²) in [5.74, 6) is 0. The number of aryl methyl sites for hydroxylation is 2. The van der Waals surface area contributed by atoms with E-state index in [1.54, 1.807) is 26.7 Å². The highest BCUT2D eigenvalue weighted by atomic mass is 16.2. The van der Waals surface area contributed by atoms with Crippen LogP contribution < -0.4 is 22.5 Å². The molecule has 0 N–H and O–H groups in total. The lowest BCUT2D eigenvalue weighted by Gasteiger charge is -2.39. The molecule has 0 atom stereocenters. The lowest BCUT2D eigenvalue weighted by atomic mass is 10.2. The molecule has 0 spiro atoms. The number of nitrogens with zero attached hydrogens (tertiary/aromatic N) is 10. The van der Waals surface area contributed by atoms with E-state index in [2.05, 4.69) is 37.7 Å². The Balaban J connectivity index is 1.42. The summed E-state index contributed by atoms with van der Waals surface area (Å²) in [7, 11) is 6.31. The fourth-order valence-electron chi connectivity index (χ4n) is 6.60. The SMILES string of the molecule is CC[N+](CC)(CCCC[N+](CC)(CC)CCn1cnc2c1c(=O)n(C)c(=O)n2C)CCn1cnc2c1c(=O)n(C)c(=O)n2C. The highest BCUT2D eigenvalue weighted by molar-refractivity contribution is 5.70. The van der Waals surface area contributed by atoms with Crippen LogP contribution >= 0.6 is 0 Å². The molecule has 0 aliphatic heterocycles. The zero-order valence-corrected chi connectivity index (χ0v) is 27.7. The smallest absolute Gasteiger partial charge is 0.323 e. The number of aromatic nitrogens is 8. The maximum absolute atomic E-state index is 12.9. The molecule has 0 saturated heterocycles. The topological polar surface area (TPSA) is 124 Å². The van der Waals surface area contributed by atoms with E-state index in [1.165, 1.54) is 23.2 Å². The van der Waals surface area contributed by atoms with Crippen LogP contribution in [0.3, 0.4) is 0 Å². The molecule has 4 aromatic heterocycles. The van der Waals surface area contributed by atoms with Crippen LogP contribution in [0.5, 0.6) is 0 Å². The van der Waals surface area contributed by atoms with E-state index in [4.69, 9.17) is 0 Å². The zero-order valence-electron chi connectivity index (χ0n) is 27.7. The van der Waals surface area contributed by atoms with Crippen molar-refractivity contribution in [3.8, 4) is 0 Å². The minimum Gasteiger partial charge on any atom is -0.323 e. The molecule has 14 nitrogen and oxygen atoms in total. The molecule has 0 fully saturated rings. The largest absolute Gasteiger partial charge is 0.332 e. The Bertz CT molecular complexity index is 1730. The third kappa shape index (κ3) is 5.84. The van der Waals surface area contributed by atoms with Crippen molar-refractivity contribution in [3.63, 3.8) is 0 Å². The van der Waals surface area contributed by atoms with Crippen molar-refractivity contribution in [2.75, 3.05) is 52.4 Å². The van der Waals surface area contributed by atoms with Gasteiger partial charge in [-0.3, -0.25) is 27.9 Å². The quantitative estimate of drug-likeness (QED) is 0.141. The average molecular weight is 615 g/mol. The van der Waals surface area contributed by atoms with E-state index in [0.29, 0.717) is 35.4 Å². The number of rotatable bonds is 15. The highest BCUT2D eigenvalue weighted by Crippen LogP contribution is 2.16. The van der Waals surface area contributed by atoms with Gasteiger partial charge in [-0.15, -0.1) is 0 Å². The number of hydrogen-bond donors (Lipinski definition) is 0. The van der Waals surface area contributed by atoms with E-state index in [9.17, 15) is 19.2 Å². The van der Waals surface area contributed by atoms with Gasteiger partial charge in [0.1, 0.15) is 0 Å². The molecular formula is C30H50N10O4+2. The van der Waals surface area contributed by atoms with Gasteiger partial charge in [0.15, 0.2) is 22.3 Å². The van der Waals surface area contributed by atoms with Crippen LogP contribution in [0.2, 0.25) is 0 Å². The molecule has 44 heavy (non-hydrogen) atoms. The Morgan fingerprint density at radius 3 is 1.20 bits per heavy atom. The number of likely N-dealkylation sites (N-methyl/N-ethyl adjacent to an activating group) is 2. The monoisotopic (exact) mass is 614 g/mol. The van der Waals surface area contributed by atoms with E-state index < -0.39 is 0 Å². The van der Waals surface area contributed by atoms with E-state index >= 15 is 0 Å². The molecular weight excluding hydrogens is 564 g/mol. The van der Waals surface area contributed by atoms with Gasteiger partial charge in [-0.1, -0.05) is 0 Å². The van der Waals surface area contributed by atoms with Crippen molar-refractivity contribution in [1.82, 2.24) is 37.4 Å². The van der Waals surface area contributed by atoms with Crippen LogP contribution in [0.1, 0.15) is 40.5 Å². The third-order valence-electron chi connectivity index (χ3n) is 10.3. The highest BCUT2D eigenvalue weighted by Gasteiger charge is 2.27. The summed E-state index contributed by atoms with van der Waals surface area (Å²) in [4.78, 5) is 59.3. The van der Waals surface area contributed by atoms with Crippen LogP contribution in [0.4, 0.5) is 0 Å². The molecule has 0 amide bonds. The van der Waals surface area contributed by atoms with Crippen molar-refractivity contribution < 1.29 is 8.97 Å². The fraction of sp³-hybridized carbons (Fsp3) is 0.667. The second kappa shape index (κ2) is 13.1. The third-order valence-corrected chi connectivity index (χ3v) is 10.3. The lowest BCUT2D eigenvalue weighted by molar-refractivity contribution is -0.931. The van der Waals surface area contributed by atoms with Crippen molar-refractivity contribution >= 4 is 22.3 Å². The van der Waals surface area contributed by atoms with Gasteiger partial charge < -0.3 is 18.1 Å². The van der Waals surface area contributed by atoms with E-state index in [0.717, 1.165) is 83.3 Å². The number of imidazole rings is 2. The van der Waals surface area contributed by atoms with Crippen molar-refractivity contribution in [2.24, 2.45) is 28.2 Å². The molecule has 0 aromatic carbocycles. The first-order valence-electron chi connectivity index (χ1n) is 15.8. The van der Waals surface area contributed by atoms with Crippen LogP contribution in [-0.4, -0.2) is 98.7 Å². The summed E-state index contributed by atoms with van der Waals surface area (Å²) < 4.78 is 10.8. The van der Waals surface area contributed by atoms with Crippen molar-refractivity contribution in [3.05, 3.63) is 54.3 Å². The molecule has 0 aliphatic carbocycles. The summed E-state index contributed by atoms with van der Waals surface area (Å²) in [6, 6.07) is 0. The summed E-state index contributed by atoms with van der Waals surface area (Å²) in [5.41, 5.74) is 0.417. The number of quaternary nitrogens is 2. The summed E-state index contributed by atoms with van der Waals surface area (Å²) >= 11 is 0. The van der Waals surface area contributed by atoms with Gasteiger partial charge in [-0.2, -0.15) is 0 Å². The lowest BCUT2D eigenvalue weighted by Crippen LogP contribution is -2.52. The average Bonchev–Trinajstić information content (AvgIpc) is 3.67. The van der Waals surface area contributed by atoms with Gasteiger partial charge in [0.05, 0.1) is 78.1 Å². The fourth-order valence-corrected chi connectivity index (χ4v) is 6.60. The van der Waals surface area contributed by atoms with Crippen LogP contribution in [0.25, 0.3) is 22.3 Å². The second-order valence-corrected chi connectivity index (χ2v) is 12.2. The molecule has 242 valence electrons. The predicted molar refractivity (Wildman–Crippen MR) is 172 cm³/mol. The molecule has 4 aromatic rings. The molecule has 0 aliphatic rings. The first-order valence-corrected chi connectivity index (χ1v) is 15.8.